The Morgan fingerprint density at radius 3 is 2.53 bits per heavy atom. The van der Waals surface area contributed by atoms with Crippen LogP contribution < -0.4 is 15.1 Å². The van der Waals surface area contributed by atoms with E-state index in [-0.39, 0.29) is 28.0 Å². The van der Waals surface area contributed by atoms with Crippen LogP contribution in [0.15, 0.2) is 75.9 Å². The molecular weight excluding hydrogens is 478 g/mol. The fraction of sp³-hybridized carbons (Fsp3) is 0.185. The number of alkyl halides is 3. The van der Waals surface area contributed by atoms with Gasteiger partial charge in [-0.2, -0.15) is 13.2 Å². The summed E-state index contributed by atoms with van der Waals surface area (Å²) in [7, 11) is 0. The van der Waals surface area contributed by atoms with E-state index in [1.807, 2.05) is 6.92 Å². The summed E-state index contributed by atoms with van der Waals surface area (Å²) in [6.45, 7) is 2.35. The van der Waals surface area contributed by atoms with Gasteiger partial charge in [0.25, 0.3) is 5.91 Å². The van der Waals surface area contributed by atoms with Gasteiger partial charge < -0.3 is 9.15 Å². The predicted octanol–water partition coefficient (Wildman–Crippen LogP) is 6.49. The van der Waals surface area contributed by atoms with Gasteiger partial charge in [-0.1, -0.05) is 25.1 Å². The molecule has 1 aliphatic heterocycles. The number of carbonyl (C=O) groups is 1. The van der Waals surface area contributed by atoms with Crippen LogP contribution in [0.2, 0.25) is 0 Å². The Bertz CT molecular complexity index is 1540. The minimum Gasteiger partial charge on any atom is -0.494 e. The van der Waals surface area contributed by atoms with E-state index < -0.39 is 34.9 Å². The molecule has 2 heterocycles. The summed E-state index contributed by atoms with van der Waals surface area (Å²) >= 11 is 0. The van der Waals surface area contributed by atoms with Gasteiger partial charge in [0.05, 0.1) is 29.2 Å². The van der Waals surface area contributed by atoms with E-state index in [9.17, 15) is 27.2 Å². The summed E-state index contributed by atoms with van der Waals surface area (Å²) in [4.78, 5) is 28.2. The number of rotatable bonds is 5. The van der Waals surface area contributed by atoms with Crippen molar-refractivity contribution in [2.75, 3.05) is 11.5 Å². The van der Waals surface area contributed by atoms with Crippen LogP contribution >= 0.6 is 0 Å². The molecule has 184 valence electrons. The monoisotopic (exact) mass is 497 g/mol. The summed E-state index contributed by atoms with van der Waals surface area (Å²) in [5.74, 6) is -1.28. The number of hydrogen-bond donors (Lipinski definition) is 0. The first kappa shape index (κ1) is 23.6. The molecule has 0 radical (unpaired) electrons. The van der Waals surface area contributed by atoms with Gasteiger partial charge in [-0.25, -0.2) is 4.39 Å². The first-order valence-electron chi connectivity index (χ1n) is 11.2. The summed E-state index contributed by atoms with van der Waals surface area (Å²) in [6, 6.07) is 13.1. The SMILES string of the molecule is CCCOc1cccc(C2c3c(oc4ccc(F)cc4c3=O)C(=O)N2c2cccc(C(F)(F)F)c2)c1. The Kier molecular flexibility index (Phi) is 5.78. The van der Waals surface area contributed by atoms with Crippen molar-refractivity contribution < 1.29 is 31.5 Å². The van der Waals surface area contributed by atoms with Crippen LogP contribution in [0.5, 0.6) is 5.75 Å². The highest BCUT2D eigenvalue weighted by atomic mass is 19.4. The number of carbonyl (C=O) groups excluding carboxylic acids is 1. The van der Waals surface area contributed by atoms with Gasteiger partial charge in [0, 0.05) is 5.69 Å². The lowest BCUT2D eigenvalue weighted by atomic mass is 9.98. The second-order valence-electron chi connectivity index (χ2n) is 8.36. The number of ether oxygens (including phenoxy) is 1. The molecule has 0 saturated heterocycles. The number of anilines is 1. The second-order valence-corrected chi connectivity index (χ2v) is 8.36. The van der Waals surface area contributed by atoms with Crippen molar-refractivity contribution in [2.45, 2.75) is 25.6 Å². The Balaban J connectivity index is 1.76. The molecule has 1 aliphatic rings. The number of fused-ring (bicyclic) bond motifs is 2. The maximum atomic E-state index is 14.0. The molecule has 1 atom stereocenters. The quantitative estimate of drug-likeness (QED) is 0.296. The smallest absolute Gasteiger partial charge is 0.416 e. The van der Waals surface area contributed by atoms with Gasteiger partial charge in [0.1, 0.15) is 17.1 Å². The molecule has 5 rings (SSSR count). The Hall–Kier alpha value is -4.14. The van der Waals surface area contributed by atoms with E-state index in [2.05, 4.69) is 0 Å². The molecule has 5 nitrogen and oxygen atoms in total. The van der Waals surface area contributed by atoms with Crippen LogP contribution in [0.1, 0.15) is 46.6 Å². The lowest BCUT2D eigenvalue weighted by Gasteiger charge is -2.26. The lowest BCUT2D eigenvalue weighted by molar-refractivity contribution is -0.137. The minimum absolute atomic E-state index is 0.00169. The van der Waals surface area contributed by atoms with Crippen LogP contribution in [0.3, 0.4) is 0 Å². The molecular formula is C27H19F4NO4. The zero-order chi connectivity index (χ0) is 25.6. The molecule has 0 saturated carbocycles. The van der Waals surface area contributed by atoms with E-state index in [1.54, 1.807) is 24.3 Å². The van der Waals surface area contributed by atoms with Gasteiger partial charge in [0.2, 0.25) is 5.76 Å². The summed E-state index contributed by atoms with van der Waals surface area (Å²) in [5.41, 5.74) is -1.31. The summed E-state index contributed by atoms with van der Waals surface area (Å²) in [5, 5.41) is -0.0733. The van der Waals surface area contributed by atoms with Crippen molar-refractivity contribution in [3.05, 3.63) is 105 Å². The van der Waals surface area contributed by atoms with Crippen LogP contribution in [0.4, 0.5) is 23.2 Å². The van der Waals surface area contributed by atoms with Gasteiger partial charge in [-0.15, -0.1) is 0 Å². The topological polar surface area (TPSA) is 59.8 Å². The van der Waals surface area contributed by atoms with Crippen LogP contribution in [0, 0.1) is 5.82 Å². The summed E-state index contributed by atoms with van der Waals surface area (Å²) in [6.07, 6.45) is -3.90. The van der Waals surface area contributed by atoms with Crippen molar-refractivity contribution in [1.29, 1.82) is 0 Å². The fourth-order valence-electron chi connectivity index (χ4n) is 4.35. The van der Waals surface area contributed by atoms with Gasteiger partial charge in [-0.3, -0.25) is 14.5 Å². The molecule has 3 aromatic carbocycles. The Morgan fingerprint density at radius 2 is 1.78 bits per heavy atom. The van der Waals surface area contributed by atoms with Gasteiger partial charge >= 0.3 is 6.18 Å². The van der Waals surface area contributed by atoms with Crippen molar-refractivity contribution in [2.24, 2.45) is 0 Å². The van der Waals surface area contributed by atoms with Crippen molar-refractivity contribution >= 4 is 22.6 Å². The molecule has 0 fully saturated rings. The average molecular weight is 497 g/mol. The minimum atomic E-state index is -4.64. The highest BCUT2D eigenvalue weighted by Gasteiger charge is 2.44. The van der Waals surface area contributed by atoms with E-state index in [0.717, 1.165) is 35.6 Å². The van der Waals surface area contributed by atoms with Crippen LogP contribution in [0.25, 0.3) is 11.0 Å². The summed E-state index contributed by atoms with van der Waals surface area (Å²) < 4.78 is 65.8. The molecule has 36 heavy (non-hydrogen) atoms. The zero-order valence-electron chi connectivity index (χ0n) is 18.9. The van der Waals surface area contributed by atoms with E-state index >= 15 is 0 Å². The molecule has 1 amide bonds. The Labute approximate surface area is 202 Å². The largest absolute Gasteiger partial charge is 0.494 e. The van der Waals surface area contributed by atoms with E-state index in [1.165, 1.54) is 18.2 Å². The predicted molar refractivity (Wildman–Crippen MR) is 125 cm³/mol. The van der Waals surface area contributed by atoms with Crippen molar-refractivity contribution in [3.8, 4) is 5.75 Å². The second kappa shape index (κ2) is 8.82. The third kappa shape index (κ3) is 4.00. The number of amides is 1. The molecule has 0 spiro atoms. The molecule has 0 aliphatic carbocycles. The zero-order valence-corrected chi connectivity index (χ0v) is 18.9. The molecule has 1 unspecified atom stereocenters. The standard InChI is InChI=1S/C27H19F4NO4/c1-2-11-35-19-8-3-5-15(12-19)23-22-24(33)20-14-17(28)9-10-21(20)36-25(22)26(34)32(23)18-7-4-6-16(13-18)27(29,30)31/h3-10,12-14,23H,2,11H2,1H3. The van der Waals surface area contributed by atoms with Crippen molar-refractivity contribution in [1.82, 2.24) is 0 Å². The lowest BCUT2D eigenvalue weighted by Crippen LogP contribution is -2.29. The Morgan fingerprint density at radius 1 is 1.00 bits per heavy atom. The number of halogens is 4. The molecule has 9 heteroatoms. The number of benzene rings is 3. The van der Waals surface area contributed by atoms with E-state index in [4.69, 9.17) is 9.15 Å². The average Bonchev–Trinajstić information content (AvgIpc) is 3.15. The first-order chi connectivity index (χ1) is 17.2. The van der Waals surface area contributed by atoms with Crippen LogP contribution in [-0.2, 0) is 6.18 Å². The molecule has 4 aromatic rings. The number of hydrogen-bond acceptors (Lipinski definition) is 4. The third-order valence-corrected chi connectivity index (χ3v) is 5.93. The molecule has 0 bridgehead atoms. The highest BCUT2D eigenvalue weighted by molar-refractivity contribution is 6.10. The maximum Gasteiger partial charge on any atom is 0.416 e. The third-order valence-electron chi connectivity index (χ3n) is 5.93. The fourth-order valence-corrected chi connectivity index (χ4v) is 4.35. The maximum absolute atomic E-state index is 14.0. The van der Waals surface area contributed by atoms with Gasteiger partial charge in [-0.05, 0) is 60.5 Å². The molecule has 1 aromatic heterocycles. The molecule has 0 N–H and O–H groups in total. The van der Waals surface area contributed by atoms with E-state index in [0.29, 0.717) is 17.9 Å². The highest BCUT2D eigenvalue weighted by Crippen LogP contribution is 2.43. The van der Waals surface area contributed by atoms with Gasteiger partial charge in [0.15, 0.2) is 5.43 Å². The first-order valence-corrected chi connectivity index (χ1v) is 11.2. The normalized spacial score (nSPS) is 15.4. The van der Waals surface area contributed by atoms with Crippen LogP contribution in [-0.4, -0.2) is 12.5 Å². The number of nitrogens with zero attached hydrogens (tertiary/aromatic N) is 1. The van der Waals surface area contributed by atoms with Crippen molar-refractivity contribution in [3.63, 3.8) is 0 Å².